The van der Waals surface area contributed by atoms with Crippen molar-refractivity contribution in [1.29, 1.82) is 0 Å². The van der Waals surface area contributed by atoms with Crippen LogP contribution in [0.5, 0.6) is 11.5 Å². The predicted octanol–water partition coefficient (Wildman–Crippen LogP) is 2.44. The van der Waals surface area contributed by atoms with Crippen LogP contribution in [0.2, 0.25) is 0 Å². The number of benzene rings is 2. The van der Waals surface area contributed by atoms with Crippen LogP contribution in [0.4, 0.5) is 0 Å². The van der Waals surface area contributed by atoms with Gasteiger partial charge < -0.3 is 25.8 Å². The molecule has 2 aliphatic rings. The fraction of sp³-hybridized carbons (Fsp3) is 0.269. The molecule has 0 radical (unpaired) electrons. The van der Waals surface area contributed by atoms with E-state index in [0.717, 1.165) is 22.6 Å². The maximum absolute atomic E-state index is 13.0. The summed E-state index contributed by atoms with van der Waals surface area (Å²) in [6.45, 7) is 0.807. The summed E-state index contributed by atoms with van der Waals surface area (Å²) in [4.78, 5) is 31.6. The van der Waals surface area contributed by atoms with E-state index in [1.54, 1.807) is 49.5 Å². The Bertz CT molecular complexity index is 1190. The first kappa shape index (κ1) is 23.1. The lowest BCUT2D eigenvalue weighted by molar-refractivity contribution is -0.130. The molecular weight excluding hydrogens is 432 g/mol. The molecule has 2 heterocycles. The van der Waals surface area contributed by atoms with E-state index >= 15 is 0 Å². The van der Waals surface area contributed by atoms with Gasteiger partial charge in [0.05, 0.1) is 12.8 Å². The lowest BCUT2D eigenvalue weighted by Crippen LogP contribution is -2.54. The molecule has 4 N–H and O–H groups in total. The average Bonchev–Trinajstić information content (AvgIpc) is 2.87. The maximum atomic E-state index is 13.0. The normalized spacial score (nSPS) is 19.6. The molecule has 0 atom stereocenters. The van der Waals surface area contributed by atoms with Gasteiger partial charge in [-0.2, -0.15) is 0 Å². The van der Waals surface area contributed by atoms with Gasteiger partial charge in [0.15, 0.2) is 5.78 Å². The van der Waals surface area contributed by atoms with E-state index in [0.29, 0.717) is 37.2 Å². The van der Waals surface area contributed by atoms with Crippen molar-refractivity contribution in [1.82, 2.24) is 4.90 Å². The van der Waals surface area contributed by atoms with Crippen LogP contribution in [0, 0.1) is 0 Å². The highest BCUT2D eigenvalue weighted by atomic mass is 16.5. The summed E-state index contributed by atoms with van der Waals surface area (Å²) in [5.41, 5.74) is 14.2. The minimum absolute atomic E-state index is 0.0999. The van der Waals surface area contributed by atoms with Crippen molar-refractivity contribution in [2.45, 2.75) is 18.4 Å². The number of aliphatic imine (C=N–C) groups is 1. The number of nitrogens with two attached hydrogens (primary N) is 2. The molecule has 1 amide bonds. The van der Waals surface area contributed by atoms with Gasteiger partial charge in [-0.25, -0.2) is 0 Å². The zero-order chi connectivity index (χ0) is 24.3. The zero-order valence-electron chi connectivity index (χ0n) is 19.3. The van der Waals surface area contributed by atoms with E-state index in [1.165, 1.54) is 6.08 Å². The number of rotatable bonds is 4. The third-order valence-electron chi connectivity index (χ3n) is 6.35. The third-order valence-corrected chi connectivity index (χ3v) is 6.35. The van der Waals surface area contributed by atoms with Crippen molar-refractivity contribution in [3.63, 3.8) is 0 Å². The molecule has 1 saturated heterocycles. The van der Waals surface area contributed by atoms with Gasteiger partial charge in [-0.05, 0) is 36.4 Å². The number of hydrogen-bond donors (Lipinski definition) is 2. The topological polar surface area (TPSA) is 120 Å². The number of carbonyl (C=O) groups excluding carboxylic acids is 2. The summed E-state index contributed by atoms with van der Waals surface area (Å²) < 4.78 is 11.6. The van der Waals surface area contributed by atoms with Crippen LogP contribution in [0.15, 0.2) is 77.1 Å². The number of methoxy groups -OCH3 is 1. The minimum Gasteiger partial charge on any atom is -0.497 e. The summed E-state index contributed by atoms with van der Waals surface area (Å²) in [6, 6.07) is 14.3. The number of allylic oxidation sites excluding steroid dienone is 1. The van der Waals surface area contributed by atoms with Gasteiger partial charge in [-0.1, -0.05) is 12.1 Å². The molecule has 0 saturated carbocycles. The van der Waals surface area contributed by atoms with E-state index in [-0.39, 0.29) is 17.4 Å². The highest BCUT2D eigenvalue weighted by Crippen LogP contribution is 2.42. The Morgan fingerprint density at radius 3 is 2.41 bits per heavy atom. The molecule has 1 spiro atoms. The monoisotopic (exact) mass is 460 g/mol. The summed E-state index contributed by atoms with van der Waals surface area (Å²) >= 11 is 0. The van der Waals surface area contributed by atoms with Crippen LogP contribution in [0.3, 0.4) is 0 Å². The van der Waals surface area contributed by atoms with Crippen molar-refractivity contribution >= 4 is 17.4 Å². The second-order valence-electron chi connectivity index (χ2n) is 8.23. The Kier molecular flexibility index (Phi) is 6.40. The molecule has 8 nitrogen and oxygen atoms in total. The fourth-order valence-corrected chi connectivity index (χ4v) is 4.52. The molecule has 34 heavy (non-hydrogen) atoms. The van der Waals surface area contributed by atoms with E-state index < -0.39 is 5.60 Å². The molecule has 1 fully saturated rings. The first-order valence-corrected chi connectivity index (χ1v) is 11.0. The Morgan fingerprint density at radius 1 is 1.12 bits per heavy atom. The van der Waals surface area contributed by atoms with Gasteiger partial charge in [-0.3, -0.25) is 14.6 Å². The number of para-hydroxylation sites is 1. The SMILES string of the molecule is CN=C1C(=CN)C2(CCN(C(=O)C(N)=CC(=O)c3ccc(OC)cc3)CC2)Oc2ccccc21. The lowest BCUT2D eigenvalue weighted by atomic mass is 9.78. The summed E-state index contributed by atoms with van der Waals surface area (Å²) in [6.07, 6.45) is 3.77. The summed E-state index contributed by atoms with van der Waals surface area (Å²) in [5, 5.41) is 0. The number of carbonyl (C=O) groups is 2. The summed E-state index contributed by atoms with van der Waals surface area (Å²) in [7, 11) is 3.29. The first-order chi connectivity index (χ1) is 16.4. The van der Waals surface area contributed by atoms with Crippen molar-refractivity contribution in [2.75, 3.05) is 27.2 Å². The van der Waals surface area contributed by atoms with Crippen molar-refractivity contribution in [2.24, 2.45) is 16.5 Å². The Balaban J connectivity index is 1.49. The fourth-order valence-electron chi connectivity index (χ4n) is 4.52. The standard InChI is InChI=1S/C26H28N4O4/c1-29-24-19-5-3-4-6-23(19)34-26(20(24)16-27)11-13-30(14-12-26)25(32)21(28)15-22(31)17-7-9-18(33-2)10-8-17/h3-10,15-16H,11-14,27-28H2,1-2H3. The van der Waals surface area contributed by atoms with Crippen LogP contribution < -0.4 is 20.9 Å². The Morgan fingerprint density at radius 2 is 1.79 bits per heavy atom. The van der Waals surface area contributed by atoms with Gasteiger partial charge in [0.2, 0.25) is 0 Å². The number of piperidine rings is 1. The van der Waals surface area contributed by atoms with Crippen molar-refractivity contribution in [3.05, 3.63) is 83.2 Å². The van der Waals surface area contributed by atoms with Gasteiger partial charge in [0.25, 0.3) is 5.91 Å². The summed E-state index contributed by atoms with van der Waals surface area (Å²) in [5.74, 6) is 0.668. The molecule has 4 rings (SSSR count). The number of likely N-dealkylation sites (tertiary alicyclic amines) is 1. The second-order valence-corrected chi connectivity index (χ2v) is 8.23. The number of hydrogen-bond acceptors (Lipinski definition) is 7. The number of fused-ring (bicyclic) bond motifs is 1. The van der Waals surface area contributed by atoms with Crippen molar-refractivity contribution < 1.29 is 19.1 Å². The third kappa shape index (κ3) is 4.14. The Hall–Kier alpha value is -4.07. The van der Waals surface area contributed by atoms with Crippen LogP contribution in [0.1, 0.15) is 28.8 Å². The molecular formula is C26H28N4O4. The molecule has 0 aliphatic carbocycles. The van der Waals surface area contributed by atoms with Gasteiger partial charge in [0, 0.05) is 62.0 Å². The second kappa shape index (κ2) is 9.43. The molecule has 0 aromatic heterocycles. The largest absolute Gasteiger partial charge is 0.497 e. The molecule has 2 aromatic rings. The van der Waals surface area contributed by atoms with E-state index in [1.807, 2.05) is 24.3 Å². The quantitative estimate of drug-likeness (QED) is 0.534. The number of nitrogens with zero attached hydrogens (tertiary/aromatic N) is 2. The lowest BCUT2D eigenvalue weighted by Gasteiger charge is -2.46. The highest BCUT2D eigenvalue weighted by Gasteiger charge is 2.46. The predicted molar refractivity (Wildman–Crippen MR) is 130 cm³/mol. The van der Waals surface area contributed by atoms with E-state index in [4.69, 9.17) is 20.9 Å². The minimum atomic E-state index is -0.674. The molecule has 0 bridgehead atoms. The molecule has 176 valence electrons. The molecule has 0 unspecified atom stereocenters. The molecule has 8 heteroatoms. The maximum Gasteiger partial charge on any atom is 0.269 e. The van der Waals surface area contributed by atoms with Crippen LogP contribution >= 0.6 is 0 Å². The average molecular weight is 461 g/mol. The highest BCUT2D eigenvalue weighted by molar-refractivity contribution is 6.16. The smallest absolute Gasteiger partial charge is 0.269 e. The van der Waals surface area contributed by atoms with Gasteiger partial charge in [-0.15, -0.1) is 0 Å². The van der Waals surface area contributed by atoms with E-state index in [2.05, 4.69) is 4.99 Å². The Labute approximate surface area is 198 Å². The molecule has 2 aliphatic heterocycles. The zero-order valence-corrected chi connectivity index (χ0v) is 19.3. The number of ether oxygens (including phenoxy) is 2. The number of amides is 1. The van der Waals surface area contributed by atoms with Gasteiger partial charge >= 0.3 is 0 Å². The number of ketones is 1. The van der Waals surface area contributed by atoms with Crippen LogP contribution in [-0.4, -0.2) is 55.2 Å². The van der Waals surface area contributed by atoms with E-state index in [9.17, 15) is 9.59 Å². The van der Waals surface area contributed by atoms with Crippen molar-refractivity contribution in [3.8, 4) is 11.5 Å². The first-order valence-electron chi connectivity index (χ1n) is 11.0. The van der Waals surface area contributed by atoms with Gasteiger partial charge in [0.1, 0.15) is 22.8 Å². The van der Waals surface area contributed by atoms with Crippen LogP contribution in [0.25, 0.3) is 0 Å². The molecule has 2 aromatic carbocycles. The van der Waals surface area contributed by atoms with Crippen LogP contribution in [-0.2, 0) is 4.79 Å².